The van der Waals surface area contributed by atoms with Gasteiger partial charge in [0.1, 0.15) is 0 Å². The van der Waals surface area contributed by atoms with Crippen LogP contribution in [0.2, 0.25) is 0 Å². The fourth-order valence-corrected chi connectivity index (χ4v) is 0.626. The van der Waals surface area contributed by atoms with E-state index in [0.29, 0.717) is 13.2 Å². The molecule has 0 N–H and O–H groups in total. The van der Waals surface area contributed by atoms with Crippen LogP contribution >= 0.6 is 0 Å². The Balaban J connectivity index is 3.00. The maximum absolute atomic E-state index is 12.5. The van der Waals surface area contributed by atoms with Crippen molar-refractivity contribution in [3.05, 3.63) is 23.8 Å². The molecule has 0 aliphatic heterocycles. The number of nitrogens with zero attached hydrogens (tertiary/aromatic N) is 2. The monoisotopic (exact) mass is 172 g/mol. The van der Waals surface area contributed by atoms with Crippen LogP contribution in [0.5, 0.6) is 0 Å². The predicted octanol–water partition coefficient (Wildman–Crippen LogP) is 1.40. The molecule has 1 aromatic heterocycles. The zero-order chi connectivity index (χ0) is 9.19. The molecule has 0 saturated heterocycles. The van der Waals surface area contributed by atoms with E-state index in [4.69, 9.17) is 0 Å². The molecule has 0 aliphatic carbocycles. The number of alkyl halides is 2. The van der Waals surface area contributed by atoms with Crippen LogP contribution in [0.3, 0.4) is 0 Å². The van der Waals surface area contributed by atoms with Crippen LogP contribution in [0.15, 0.2) is 12.4 Å². The number of rotatable bonds is 2. The first kappa shape index (κ1) is 8.70. The Hall–Kier alpha value is -1.39. The van der Waals surface area contributed by atoms with Gasteiger partial charge in [0.2, 0.25) is 0 Å². The van der Waals surface area contributed by atoms with Gasteiger partial charge in [0.05, 0.1) is 5.56 Å². The number of halogens is 2. The van der Waals surface area contributed by atoms with Crippen molar-refractivity contribution in [1.82, 2.24) is 9.97 Å². The van der Waals surface area contributed by atoms with Gasteiger partial charge < -0.3 is 0 Å². The van der Waals surface area contributed by atoms with Gasteiger partial charge in [-0.3, -0.25) is 4.79 Å². The first-order chi connectivity index (χ1) is 5.54. The summed E-state index contributed by atoms with van der Waals surface area (Å²) in [6.45, 7) is 0.697. The second kappa shape index (κ2) is 2.92. The van der Waals surface area contributed by atoms with Crippen molar-refractivity contribution in [2.75, 3.05) is 0 Å². The third kappa shape index (κ3) is 1.81. The fraction of sp³-hybridized carbons (Fsp3) is 0.286. The summed E-state index contributed by atoms with van der Waals surface area (Å²) in [5.74, 6) is -3.63. The molecular formula is C7H6F2N2O. The highest BCUT2D eigenvalue weighted by molar-refractivity contribution is 5.73. The third-order valence-corrected chi connectivity index (χ3v) is 1.20. The van der Waals surface area contributed by atoms with Gasteiger partial charge in [0, 0.05) is 19.3 Å². The molecule has 3 nitrogen and oxygen atoms in total. The van der Waals surface area contributed by atoms with E-state index in [1.165, 1.54) is 0 Å². The molecule has 1 rings (SSSR count). The van der Waals surface area contributed by atoms with Gasteiger partial charge in [-0.25, -0.2) is 9.97 Å². The van der Waals surface area contributed by atoms with E-state index in [1.807, 2.05) is 0 Å². The molecule has 0 radical (unpaired) electrons. The van der Waals surface area contributed by atoms with Crippen LogP contribution < -0.4 is 0 Å². The van der Waals surface area contributed by atoms with Crippen LogP contribution in [-0.4, -0.2) is 16.3 Å². The Kier molecular flexibility index (Phi) is 2.12. The first-order valence-corrected chi connectivity index (χ1v) is 3.19. The molecule has 0 spiro atoms. The molecule has 0 aromatic carbocycles. The summed E-state index contributed by atoms with van der Waals surface area (Å²) >= 11 is 0. The molecule has 0 bridgehead atoms. The van der Waals surface area contributed by atoms with Crippen molar-refractivity contribution < 1.29 is 13.6 Å². The number of aldehydes is 1. The summed E-state index contributed by atoms with van der Waals surface area (Å²) in [6, 6.07) is 0. The highest BCUT2D eigenvalue weighted by atomic mass is 19.3. The van der Waals surface area contributed by atoms with E-state index in [-0.39, 0.29) is 5.56 Å². The van der Waals surface area contributed by atoms with Gasteiger partial charge in [0.25, 0.3) is 0 Å². The number of carbonyl (C=O) groups is 1. The summed E-state index contributed by atoms with van der Waals surface area (Å²) in [7, 11) is 0. The maximum Gasteiger partial charge on any atom is 0.303 e. The number of hydrogen-bond acceptors (Lipinski definition) is 3. The minimum absolute atomic E-state index is 0.183. The summed E-state index contributed by atoms with van der Waals surface area (Å²) < 4.78 is 25.0. The van der Waals surface area contributed by atoms with Crippen molar-refractivity contribution in [3.63, 3.8) is 0 Å². The number of carbonyl (C=O) groups excluding carboxylic acids is 1. The predicted molar refractivity (Wildman–Crippen MR) is 37.0 cm³/mol. The molecule has 0 atom stereocenters. The quantitative estimate of drug-likeness (QED) is 0.633. The SMILES string of the molecule is CC(F)(F)c1ncc(C=O)cn1. The van der Waals surface area contributed by atoms with E-state index >= 15 is 0 Å². The topological polar surface area (TPSA) is 42.9 Å². The normalized spacial score (nSPS) is 11.2. The molecule has 0 saturated carbocycles. The second-order valence-electron chi connectivity index (χ2n) is 2.35. The van der Waals surface area contributed by atoms with Crippen LogP contribution in [0, 0.1) is 0 Å². The Bertz CT molecular complexity index is 278. The van der Waals surface area contributed by atoms with Gasteiger partial charge in [-0.1, -0.05) is 0 Å². The molecule has 64 valence electrons. The number of aromatic nitrogens is 2. The largest absolute Gasteiger partial charge is 0.303 e. The summed E-state index contributed by atoms with van der Waals surface area (Å²) in [5, 5.41) is 0. The molecule has 0 fully saturated rings. The van der Waals surface area contributed by atoms with Gasteiger partial charge in [-0.2, -0.15) is 8.78 Å². The lowest BCUT2D eigenvalue weighted by Crippen LogP contribution is -2.12. The Labute approximate surface area is 67.5 Å². The average molecular weight is 172 g/mol. The lowest BCUT2D eigenvalue weighted by molar-refractivity contribution is 0.00761. The van der Waals surface area contributed by atoms with Crippen molar-refractivity contribution in [3.8, 4) is 0 Å². The minimum atomic E-state index is -3.05. The Morgan fingerprint density at radius 1 is 1.42 bits per heavy atom. The molecular weight excluding hydrogens is 166 g/mol. The first-order valence-electron chi connectivity index (χ1n) is 3.19. The van der Waals surface area contributed by atoms with Crippen LogP contribution in [0.4, 0.5) is 8.78 Å². The van der Waals surface area contributed by atoms with E-state index in [2.05, 4.69) is 9.97 Å². The zero-order valence-electron chi connectivity index (χ0n) is 6.29. The summed E-state index contributed by atoms with van der Waals surface area (Å²) in [6.07, 6.45) is 2.62. The van der Waals surface area contributed by atoms with Gasteiger partial charge in [0.15, 0.2) is 12.1 Å². The summed E-state index contributed by atoms with van der Waals surface area (Å²) in [5.41, 5.74) is 0.183. The second-order valence-corrected chi connectivity index (χ2v) is 2.35. The van der Waals surface area contributed by atoms with Gasteiger partial charge >= 0.3 is 5.92 Å². The molecule has 1 aromatic rings. The zero-order valence-corrected chi connectivity index (χ0v) is 6.29. The molecule has 0 unspecified atom stereocenters. The van der Waals surface area contributed by atoms with Crippen molar-refractivity contribution >= 4 is 6.29 Å². The lowest BCUT2D eigenvalue weighted by Gasteiger charge is -2.06. The van der Waals surface area contributed by atoms with E-state index in [9.17, 15) is 13.6 Å². The highest BCUT2D eigenvalue weighted by Gasteiger charge is 2.27. The summed E-state index contributed by atoms with van der Waals surface area (Å²) in [4.78, 5) is 16.8. The molecule has 1 heterocycles. The highest BCUT2D eigenvalue weighted by Crippen LogP contribution is 2.22. The van der Waals surface area contributed by atoms with E-state index in [0.717, 1.165) is 12.4 Å². The van der Waals surface area contributed by atoms with E-state index in [1.54, 1.807) is 0 Å². The standard InChI is InChI=1S/C7H6F2N2O/c1-7(8,9)6-10-2-5(4-12)3-11-6/h2-4H,1H3. The van der Waals surface area contributed by atoms with Crippen LogP contribution in [-0.2, 0) is 5.92 Å². The Morgan fingerprint density at radius 3 is 2.25 bits per heavy atom. The molecule has 12 heavy (non-hydrogen) atoms. The van der Waals surface area contributed by atoms with Crippen LogP contribution in [0.25, 0.3) is 0 Å². The van der Waals surface area contributed by atoms with Crippen molar-refractivity contribution in [2.45, 2.75) is 12.8 Å². The average Bonchev–Trinajstić information content (AvgIpc) is 2.03. The minimum Gasteiger partial charge on any atom is -0.298 e. The maximum atomic E-state index is 12.5. The van der Waals surface area contributed by atoms with E-state index < -0.39 is 11.7 Å². The van der Waals surface area contributed by atoms with Crippen molar-refractivity contribution in [2.24, 2.45) is 0 Å². The smallest absolute Gasteiger partial charge is 0.298 e. The molecule has 5 heteroatoms. The van der Waals surface area contributed by atoms with Crippen molar-refractivity contribution in [1.29, 1.82) is 0 Å². The Morgan fingerprint density at radius 2 is 1.92 bits per heavy atom. The lowest BCUT2D eigenvalue weighted by atomic mass is 10.3. The third-order valence-electron chi connectivity index (χ3n) is 1.20. The molecule has 0 amide bonds. The number of hydrogen-bond donors (Lipinski definition) is 0. The van der Waals surface area contributed by atoms with Crippen LogP contribution in [0.1, 0.15) is 23.1 Å². The molecule has 0 aliphatic rings. The van der Waals surface area contributed by atoms with Gasteiger partial charge in [-0.15, -0.1) is 0 Å². The fourth-order valence-electron chi connectivity index (χ4n) is 0.626. The van der Waals surface area contributed by atoms with Gasteiger partial charge in [-0.05, 0) is 0 Å².